The number of likely N-dealkylation sites (tertiary alicyclic amines) is 1. The van der Waals surface area contributed by atoms with Crippen LogP contribution in [0.4, 0.5) is 4.79 Å². The first-order valence-corrected chi connectivity index (χ1v) is 5.37. The van der Waals surface area contributed by atoms with Crippen LogP contribution in [0.25, 0.3) is 0 Å². The minimum atomic E-state index is -0.461. The van der Waals surface area contributed by atoms with Crippen molar-refractivity contribution in [2.45, 2.75) is 19.8 Å². The maximum atomic E-state index is 11.3. The summed E-state index contributed by atoms with van der Waals surface area (Å²) in [5.74, 6) is 0.191. The molecule has 0 radical (unpaired) electrons. The number of amides is 1. The van der Waals surface area contributed by atoms with Crippen molar-refractivity contribution in [2.24, 2.45) is 5.92 Å². The summed E-state index contributed by atoms with van der Waals surface area (Å²) in [6.07, 6.45) is 3.79. The smallest absolute Gasteiger partial charge is 0.409 e. The number of rotatable bonds is 3. The van der Waals surface area contributed by atoms with E-state index in [1.807, 2.05) is 0 Å². The second-order valence-corrected chi connectivity index (χ2v) is 3.65. The van der Waals surface area contributed by atoms with Gasteiger partial charge in [0.05, 0.1) is 11.5 Å². The SMILES string of the molecule is CCOC(=O)N1CCC(/C=C/[N+](=O)[O-])CC1. The van der Waals surface area contributed by atoms with Crippen LogP contribution in [0.3, 0.4) is 0 Å². The van der Waals surface area contributed by atoms with Gasteiger partial charge in [0.2, 0.25) is 6.20 Å². The Kier molecular flexibility index (Phi) is 4.75. The summed E-state index contributed by atoms with van der Waals surface area (Å²) in [7, 11) is 0. The Balaban J connectivity index is 2.33. The Morgan fingerprint density at radius 1 is 1.56 bits per heavy atom. The molecule has 0 unspecified atom stereocenters. The molecule has 1 saturated heterocycles. The molecular formula is C10H16N2O4. The van der Waals surface area contributed by atoms with E-state index in [-0.39, 0.29) is 12.0 Å². The van der Waals surface area contributed by atoms with E-state index in [0.29, 0.717) is 19.7 Å². The molecule has 90 valence electrons. The van der Waals surface area contributed by atoms with Crippen molar-refractivity contribution in [3.8, 4) is 0 Å². The van der Waals surface area contributed by atoms with Crippen LogP contribution in [0.15, 0.2) is 12.3 Å². The van der Waals surface area contributed by atoms with E-state index in [1.54, 1.807) is 17.9 Å². The van der Waals surface area contributed by atoms with E-state index in [4.69, 9.17) is 4.74 Å². The first kappa shape index (κ1) is 12.5. The van der Waals surface area contributed by atoms with Gasteiger partial charge in [-0.25, -0.2) is 4.79 Å². The van der Waals surface area contributed by atoms with Gasteiger partial charge in [-0.05, 0) is 31.8 Å². The number of allylic oxidation sites excluding steroid dienone is 1. The highest BCUT2D eigenvalue weighted by Crippen LogP contribution is 2.18. The third-order valence-electron chi connectivity index (χ3n) is 2.55. The molecule has 1 fully saturated rings. The zero-order valence-electron chi connectivity index (χ0n) is 9.30. The maximum absolute atomic E-state index is 11.3. The van der Waals surface area contributed by atoms with Gasteiger partial charge in [0.1, 0.15) is 0 Å². The van der Waals surface area contributed by atoms with Gasteiger partial charge in [0, 0.05) is 13.1 Å². The van der Waals surface area contributed by atoms with E-state index in [9.17, 15) is 14.9 Å². The molecule has 0 spiro atoms. The van der Waals surface area contributed by atoms with Gasteiger partial charge in [0.25, 0.3) is 0 Å². The lowest BCUT2D eigenvalue weighted by Crippen LogP contribution is -2.38. The molecule has 6 heteroatoms. The van der Waals surface area contributed by atoms with Crippen LogP contribution in [0.1, 0.15) is 19.8 Å². The molecule has 1 aliphatic heterocycles. The lowest BCUT2D eigenvalue weighted by molar-refractivity contribution is -0.402. The molecule has 16 heavy (non-hydrogen) atoms. The van der Waals surface area contributed by atoms with Crippen molar-refractivity contribution in [3.63, 3.8) is 0 Å². The average molecular weight is 228 g/mol. The lowest BCUT2D eigenvalue weighted by Gasteiger charge is -2.29. The molecule has 0 aliphatic carbocycles. The summed E-state index contributed by atoms with van der Waals surface area (Å²) in [5, 5.41) is 10.1. The van der Waals surface area contributed by atoms with Crippen LogP contribution in [0.2, 0.25) is 0 Å². The Morgan fingerprint density at radius 3 is 2.69 bits per heavy atom. The number of nitrogens with zero attached hydrogens (tertiary/aromatic N) is 2. The van der Waals surface area contributed by atoms with Gasteiger partial charge in [-0.15, -0.1) is 0 Å². The predicted octanol–water partition coefficient (Wildman–Crippen LogP) is 1.65. The molecule has 0 aromatic rings. The fourth-order valence-corrected chi connectivity index (χ4v) is 1.68. The quantitative estimate of drug-likeness (QED) is 0.543. The largest absolute Gasteiger partial charge is 0.450 e. The number of hydrogen-bond donors (Lipinski definition) is 0. The maximum Gasteiger partial charge on any atom is 0.409 e. The van der Waals surface area contributed by atoms with Gasteiger partial charge in [-0.2, -0.15) is 0 Å². The van der Waals surface area contributed by atoms with Gasteiger partial charge in [-0.1, -0.05) is 0 Å². The Bertz CT molecular complexity index is 283. The summed E-state index contributed by atoms with van der Waals surface area (Å²) in [6.45, 7) is 3.35. The number of piperidine rings is 1. The van der Waals surface area contributed by atoms with Crippen LogP contribution < -0.4 is 0 Å². The van der Waals surface area contributed by atoms with Crippen molar-refractivity contribution in [3.05, 3.63) is 22.4 Å². The van der Waals surface area contributed by atoms with E-state index >= 15 is 0 Å². The van der Waals surface area contributed by atoms with Gasteiger partial charge < -0.3 is 9.64 Å². The summed E-state index contributed by atoms with van der Waals surface area (Å²) in [6, 6.07) is 0. The summed E-state index contributed by atoms with van der Waals surface area (Å²) in [5.41, 5.74) is 0. The molecule has 0 saturated carbocycles. The van der Waals surface area contributed by atoms with Crippen LogP contribution in [0, 0.1) is 16.0 Å². The van der Waals surface area contributed by atoms with E-state index in [0.717, 1.165) is 19.0 Å². The van der Waals surface area contributed by atoms with Crippen molar-refractivity contribution >= 4 is 6.09 Å². The van der Waals surface area contributed by atoms with E-state index in [1.165, 1.54) is 0 Å². The Morgan fingerprint density at radius 2 is 2.19 bits per heavy atom. The van der Waals surface area contributed by atoms with Crippen molar-refractivity contribution in [2.75, 3.05) is 19.7 Å². The van der Waals surface area contributed by atoms with Crippen LogP contribution in [0.5, 0.6) is 0 Å². The molecule has 1 heterocycles. The molecule has 1 aliphatic rings. The number of hydrogen-bond acceptors (Lipinski definition) is 4. The highest BCUT2D eigenvalue weighted by Gasteiger charge is 2.22. The minimum Gasteiger partial charge on any atom is -0.450 e. The highest BCUT2D eigenvalue weighted by molar-refractivity contribution is 5.67. The number of nitro groups is 1. The highest BCUT2D eigenvalue weighted by atomic mass is 16.6. The van der Waals surface area contributed by atoms with Crippen molar-refractivity contribution in [1.82, 2.24) is 4.90 Å². The molecule has 0 N–H and O–H groups in total. The van der Waals surface area contributed by atoms with E-state index in [2.05, 4.69) is 0 Å². The molecule has 0 bridgehead atoms. The summed E-state index contributed by atoms with van der Waals surface area (Å²) >= 11 is 0. The number of ether oxygens (including phenoxy) is 1. The normalized spacial score (nSPS) is 17.7. The van der Waals surface area contributed by atoms with Gasteiger partial charge in [-0.3, -0.25) is 10.1 Å². The lowest BCUT2D eigenvalue weighted by atomic mass is 9.97. The third kappa shape index (κ3) is 3.88. The van der Waals surface area contributed by atoms with Crippen LogP contribution >= 0.6 is 0 Å². The molecule has 1 amide bonds. The summed E-state index contributed by atoms with van der Waals surface area (Å²) < 4.78 is 4.88. The molecule has 0 aromatic heterocycles. The van der Waals surface area contributed by atoms with Gasteiger partial charge >= 0.3 is 6.09 Å². The molecule has 1 rings (SSSR count). The fourth-order valence-electron chi connectivity index (χ4n) is 1.68. The zero-order chi connectivity index (χ0) is 12.0. The molecular weight excluding hydrogens is 212 g/mol. The number of carbonyl (C=O) groups is 1. The van der Waals surface area contributed by atoms with Crippen molar-refractivity contribution < 1.29 is 14.5 Å². The van der Waals surface area contributed by atoms with Gasteiger partial charge in [0.15, 0.2) is 0 Å². The number of carbonyl (C=O) groups excluding carboxylic acids is 1. The Hall–Kier alpha value is -1.59. The summed E-state index contributed by atoms with van der Waals surface area (Å²) in [4.78, 5) is 22.7. The average Bonchev–Trinajstić information content (AvgIpc) is 2.27. The van der Waals surface area contributed by atoms with Crippen molar-refractivity contribution in [1.29, 1.82) is 0 Å². The first-order chi connectivity index (χ1) is 7.63. The Labute approximate surface area is 94.0 Å². The zero-order valence-corrected chi connectivity index (χ0v) is 9.30. The van der Waals surface area contributed by atoms with E-state index < -0.39 is 4.92 Å². The third-order valence-corrected chi connectivity index (χ3v) is 2.55. The van der Waals surface area contributed by atoms with Crippen LogP contribution in [-0.4, -0.2) is 35.6 Å². The topological polar surface area (TPSA) is 72.7 Å². The second-order valence-electron chi connectivity index (χ2n) is 3.65. The monoisotopic (exact) mass is 228 g/mol. The second kappa shape index (κ2) is 6.09. The minimum absolute atomic E-state index is 0.191. The fraction of sp³-hybridized carbons (Fsp3) is 0.700. The standard InChI is InChI=1S/C10H16N2O4/c1-2-16-10(13)11-6-3-9(4-7-11)5-8-12(14)15/h5,8-9H,2-4,6-7H2,1H3/b8-5+. The predicted molar refractivity (Wildman–Crippen MR) is 57.5 cm³/mol. The molecule has 0 aromatic carbocycles. The first-order valence-electron chi connectivity index (χ1n) is 5.37. The van der Waals surface area contributed by atoms with Crippen LogP contribution in [-0.2, 0) is 4.74 Å². The molecule has 6 nitrogen and oxygen atoms in total. The molecule has 0 atom stereocenters.